The third-order valence-electron chi connectivity index (χ3n) is 2.29. The van der Waals surface area contributed by atoms with E-state index < -0.39 is 30.8 Å². The lowest BCUT2D eigenvalue weighted by molar-refractivity contribution is -0.175. The van der Waals surface area contributed by atoms with Crippen LogP contribution in [0.1, 0.15) is 11.7 Å². The van der Waals surface area contributed by atoms with Crippen molar-refractivity contribution in [2.45, 2.75) is 18.3 Å². The molecule has 1 aromatic rings. The highest BCUT2D eigenvalue weighted by Crippen LogP contribution is 2.19. The summed E-state index contributed by atoms with van der Waals surface area (Å²) in [5.74, 6) is -2.20. The van der Waals surface area contributed by atoms with Crippen LogP contribution in [0.25, 0.3) is 0 Å². The van der Waals surface area contributed by atoms with Gasteiger partial charge >= 0.3 is 12.1 Å². The molecule has 0 heterocycles. The summed E-state index contributed by atoms with van der Waals surface area (Å²) in [7, 11) is 0. The zero-order valence-electron chi connectivity index (χ0n) is 9.19. The van der Waals surface area contributed by atoms with E-state index in [0.717, 1.165) is 0 Å². The van der Waals surface area contributed by atoms with Crippen LogP contribution in [-0.2, 0) is 4.79 Å². The van der Waals surface area contributed by atoms with Gasteiger partial charge in [0, 0.05) is 0 Å². The maximum atomic E-state index is 12.0. The number of carbonyl (C=O) groups excluding carboxylic acids is 1. The van der Waals surface area contributed by atoms with Crippen molar-refractivity contribution in [3.63, 3.8) is 0 Å². The molecule has 0 aromatic heterocycles. The Hall–Kier alpha value is -1.60. The normalized spacial score (nSPS) is 14.9. The lowest BCUT2D eigenvalue weighted by Gasteiger charge is -2.23. The number of aliphatic hydroxyl groups excluding tert-OH is 2. The van der Waals surface area contributed by atoms with Crippen LogP contribution in [0.4, 0.5) is 13.2 Å². The first-order chi connectivity index (χ1) is 8.36. The molecule has 4 nitrogen and oxygen atoms in total. The van der Waals surface area contributed by atoms with Crippen molar-refractivity contribution in [3.05, 3.63) is 35.9 Å². The van der Waals surface area contributed by atoms with E-state index in [4.69, 9.17) is 5.11 Å². The number of amides is 1. The smallest absolute Gasteiger partial charge is 0.394 e. The van der Waals surface area contributed by atoms with Gasteiger partial charge in [-0.25, -0.2) is 0 Å². The molecule has 2 atom stereocenters. The fraction of sp³-hybridized carbons (Fsp3) is 0.364. The topological polar surface area (TPSA) is 69.6 Å². The highest BCUT2D eigenvalue weighted by molar-refractivity contribution is 5.82. The fourth-order valence-electron chi connectivity index (χ4n) is 1.36. The van der Waals surface area contributed by atoms with Gasteiger partial charge < -0.3 is 15.5 Å². The first-order valence-electron chi connectivity index (χ1n) is 5.08. The highest BCUT2D eigenvalue weighted by Gasteiger charge is 2.40. The lowest BCUT2D eigenvalue weighted by atomic mass is 10.0. The zero-order valence-corrected chi connectivity index (χ0v) is 9.19. The first-order valence-corrected chi connectivity index (χ1v) is 5.08. The Kier molecular flexibility index (Phi) is 4.69. The fourth-order valence-corrected chi connectivity index (χ4v) is 1.36. The third-order valence-corrected chi connectivity index (χ3v) is 2.29. The minimum absolute atomic E-state index is 0.305. The molecule has 0 aliphatic rings. The van der Waals surface area contributed by atoms with Crippen LogP contribution in [0.3, 0.4) is 0 Å². The molecule has 0 spiro atoms. The van der Waals surface area contributed by atoms with Crippen LogP contribution >= 0.6 is 0 Å². The molecule has 2 unspecified atom stereocenters. The minimum Gasteiger partial charge on any atom is -0.394 e. The van der Waals surface area contributed by atoms with Gasteiger partial charge in [-0.05, 0) is 5.56 Å². The van der Waals surface area contributed by atoms with Crippen molar-refractivity contribution in [2.24, 2.45) is 0 Å². The van der Waals surface area contributed by atoms with Crippen LogP contribution in [0.15, 0.2) is 30.3 Å². The Bertz CT molecular complexity index is 394. The zero-order chi connectivity index (χ0) is 13.8. The second-order valence-corrected chi connectivity index (χ2v) is 3.62. The summed E-state index contributed by atoms with van der Waals surface area (Å²) in [6, 6.07) is 6.37. The quantitative estimate of drug-likeness (QED) is 0.751. The van der Waals surface area contributed by atoms with E-state index in [9.17, 15) is 23.1 Å². The van der Waals surface area contributed by atoms with Gasteiger partial charge in [0.15, 0.2) is 0 Å². The summed E-state index contributed by atoms with van der Waals surface area (Å²) >= 11 is 0. The summed E-state index contributed by atoms with van der Waals surface area (Å²) in [6.07, 6.45) is -6.47. The summed E-state index contributed by atoms with van der Waals surface area (Å²) < 4.78 is 36.1. The molecule has 0 aliphatic heterocycles. The molecule has 7 heteroatoms. The predicted molar refractivity (Wildman–Crippen MR) is 56.5 cm³/mol. The van der Waals surface area contributed by atoms with Gasteiger partial charge in [0.25, 0.3) is 0 Å². The Labute approximate surface area is 101 Å². The van der Waals surface area contributed by atoms with Crippen LogP contribution in [-0.4, -0.2) is 34.9 Å². The first kappa shape index (κ1) is 14.5. The van der Waals surface area contributed by atoms with Gasteiger partial charge in [-0.3, -0.25) is 4.79 Å². The Morgan fingerprint density at radius 3 is 2.28 bits per heavy atom. The lowest BCUT2D eigenvalue weighted by Crippen LogP contribution is -2.47. The van der Waals surface area contributed by atoms with E-state index in [-0.39, 0.29) is 0 Å². The second-order valence-electron chi connectivity index (χ2n) is 3.62. The number of benzene rings is 1. The number of alkyl halides is 3. The van der Waals surface area contributed by atoms with Gasteiger partial charge in [-0.15, -0.1) is 0 Å². The van der Waals surface area contributed by atoms with Gasteiger partial charge in [0.1, 0.15) is 6.10 Å². The molecule has 1 rings (SSSR count). The molecular weight excluding hydrogens is 251 g/mol. The van der Waals surface area contributed by atoms with Crippen molar-refractivity contribution in [3.8, 4) is 0 Å². The molecule has 0 saturated carbocycles. The second kappa shape index (κ2) is 5.83. The van der Waals surface area contributed by atoms with Gasteiger partial charge in [-0.2, -0.15) is 13.2 Å². The molecule has 0 fully saturated rings. The average Bonchev–Trinajstić information content (AvgIpc) is 2.34. The molecule has 100 valence electrons. The monoisotopic (exact) mass is 263 g/mol. The molecule has 0 saturated heterocycles. The van der Waals surface area contributed by atoms with Gasteiger partial charge in [0.05, 0.1) is 12.6 Å². The molecule has 1 amide bonds. The van der Waals surface area contributed by atoms with Gasteiger partial charge in [-0.1, -0.05) is 30.3 Å². The molecular formula is C11H12F3NO3. The summed E-state index contributed by atoms with van der Waals surface area (Å²) in [4.78, 5) is 10.7. The van der Waals surface area contributed by atoms with Crippen LogP contribution in [0.2, 0.25) is 0 Å². The average molecular weight is 263 g/mol. The van der Waals surface area contributed by atoms with E-state index in [1.807, 2.05) is 0 Å². The summed E-state index contributed by atoms with van der Waals surface area (Å²) in [5, 5.41) is 20.2. The molecule has 3 N–H and O–H groups in total. The summed E-state index contributed by atoms with van der Waals surface area (Å²) in [5.41, 5.74) is 0.305. The third kappa shape index (κ3) is 3.71. The number of aliphatic hydroxyl groups is 2. The minimum atomic E-state index is -5.05. The molecule has 0 aliphatic carbocycles. The van der Waals surface area contributed by atoms with E-state index in [1.54, 1.807) is 23.5 Å². The van der Waals surface area contributed by atoms with E-state index in [2.05, 4.69) is 0 Å². The van der Waals surface area contributed by atoms with E-state index in [0.29, 0.717) is 5.56 Å². The standard InChI is InChI=1S/C11H12F3NO3/c12-11(13,14)10(18)15-8(6-16)9(17)7-4-2-1-3-5-7/h1-5,8-9,16-17H,6H2,(H,15,18). The van der Waals surface area contributed by atoms with Crippen molar-refractivity contribution in [1.82, 2.24) is 5.32 Å². The van der Waals surface area contributed by atoms with Crippen LogP contribution < -0.4 is 5.32 Å². The number of hydrogen-bond donors (Lipinski definition) is 3. The van der Waals surface area contributed by atoms with Gasteiger partial charge in [0.2, 0.25) is 0 Å². The van der Waals surface area contributed by atoms with Crippen molar-refractivity contribution < 1.29 is 28.2 Å². The number of halogens is 3. The number of carbonyl (C=O) groups is 1. The maximum absolute atomic E-state index is 12.0. The van der Waals surface area contributed by atoms with Crippen molar-refractivity contribution in [1.29, 1.82) is 0 Å². The number of nitrogens with one attached hydrogen (secondary N) is 1. The molecule has 0 bridgehead atoms. The van der Waals surface area contributed by atoms with Crippen LogP contribution in [0, 0.1) is 0 Å². The summed E-state index contributed by atoms with van der Waals surface area (Å²) in [6.45, 7) is -0.808. The highest BCUT2D eigenvalue weighted by atomic mass is 19.4. The van der Waals surface area contributed by atoms with Crippen LogP contribution in [0.5, 0.6) is 0 Å². The number of rotatable bonds is 4. The van der Waals surface area contributed by atoms with Crippen molar-refractivity contribution >= 4 is 5.91 Å². The maximum Gasteiger partial charge on any atom is 0.471 e. The van der Waals surface area contributed by atoms with E-state index >= 15 is 0 Å². The Balaban J connectivity index is 2.76. The van der Waals surface area contributed by atoms with E-state index in [1.165, 1.54) is 12.1 Å². The Morgan fingerprint density at radius 2 is 1.83 bits per heavy atom. The molecule has 1 aromatic carbocycles. The predicted octanol–water partition coefficient (Wildman–Crippen LogP) is 0.759. The molecule has 0 radical (unpaired) electrons. The molecule has 18 heavy (non-hydrogen) atoms. The largest absolute Gasteiger partial charge is 0.471 e. The number of hydrogen-bond acceptors (Lipinski definition) is 3. The Morgan fingerprint density at radius 1 is 1.28 bits per heavy atom. The SMILES string of the molecule is O=C(NC(CO)C(O)c1ccccc1)C(F)(F)F. The van der Waals surface area contributed by atoms with Crippen molar-refractivity contribution in [2.75, 3.05) is 6.61 Å².